The van der Waals surface area contributed by atoms with Crippen molar-refractivity contribution in [1.29, 1.82) is 0 Å². The maximum absolute atomic E-state index is 10.7. The predicted molar refractivity (Wildman–Crippen MR) is 55.1 cm³/mol. The summed E-state index contributed by atoms with van der Waals surface area (Å²) in [6.45, 7) is 0. The summed E-state index contributed by atoms with van der Waals surface area (Å²) < 4.78 is 1.50. The van der Waals surface area contributed by atoms with Crippen LogP contribution < -0.4 is 0 Å². The monoisotopic (exact) mass is 219 g/mol. The van der Waals surface area contributed by atoms with Crippen LogP contribution in [0.4, 0.5) is 0 Å². The standard InChI is InChI=1S/C10H9N3O3/c1-13-8(5-11-12-13)7-3-2-6(10(15)16)4-9(7)14/h2-5,14H,1H3,(H,15,16). The molecule has 2 aromatic rings. The van der Waals surface area contributed by atoms with Gasteiger partial charge < -0.3 is 10.2 Å². The molecule has 0 bridgehead atoms. The van der Waals surface area contributed by atoms with Gasteiger partial charge in [0.15, 0.2) is 0 Å². The highest BCUT2D eigenvalue weighted by atomic mass is 16.4. The lowest BCUT2D eigenvalue weighted by molar-refractivity contribution is 0.0696. The molecule has 0 aliphatic carbocycles. The molecule has 0 amide bonds. The number of phenols is 1. The Hall–Kier alpha value is -2.37. The van der Waals surface area contributed by atoms with E-state index in [1.807, 2.05) is 0 Å². The number of aromatic nitrogens is 3. The number of aromatic hydroxyl groups is 1. The number of hydrogen-bond acceptors (Lipinski definition) is 4. The number of phenolic OH excluding ortho intramolecular Hbond substituents is 1. The van der Waals surface area contributed by atoms with E-state index in [2.05, 4.69) is 10.3 Å². The maximum atomic E-state index is 10.7. The molecule has 16 heavy (non-hydrogen) atoms. The fraction of sp³-hybridized carbons (Fsp3) is 0.100. The summed E-state index contributed by atoms with van der Waals surface area (Å²) in [6.07, 6.45) is 1.50. The summed E-state index contributed by atoms with van der Waals surface area (Å²) in [5.74, 6) is -1.18. The van der Waals surface area contributed by atoms with Gasteiger partial charge in [0, 0.05) is 12.6 Å². The van der Waals surface area contributed by atoms with Gasteiger partial charge in [-0.15, -0.1) is 5.10 Å². The number of carboxylic acids is 1. The number of nitrogens with zero attached hydrogens (tertiary/aromatic N) is 3. The molecule has 2 N–H and O–H groups in total. The van der Waals surface area contributed by atoms with Crippen molar-refractivity contribution in [2.24, 2.45) is 7.05 Å². The molecule has 0 aliphatic heterocycles. The minimum atomic E-state index is -1.08. The van der Waals surface area contributed by atoms with Crippen molar-refractivity contribution in [2.75, 3.05) is 0 Å². The van der Waals surface area contributed by atoms with Gasteiger partial charge in [-0.25, -0.2) is 9.48 Å². The molecule has 1 aromatic carbocycles. The van der Waals surface area contributed by atoms with Crippen LogP contribution in [0.3, 0.4) is 0 Å². The molecule has 1 aromatic heterocycles. The Morgan fingerprint density at radius 2 is 2.19 bits per heavy atom. The first kappa shape index (κ1) is 10.2. The Labute approximate surface area is 90.8 Å². The summed E-state index contributed by atoms with van der Waals surface area (Å²) in [6, 6.07) is 4.15. The molecule has 6 heteroatoms. The van der Waals surface area contributed by atoms with Crippen LogP contribution in [0.15, 0.2) is 24.4 Å². The molecule has 0 saturated carbocycles. The summed E-state index contributed by atoms with van der Waals surface area (Å²) in [4.78, 5) is 10.7. The Morgan fingerprint density at radius 1 is 1.44 bits per heavy atom. The van der Waals surface area contributed by atoms with Gasteiger partial charge in [-0.3, -0.25) is 0 Å². The highest BCUT2D eigenvalue weighted by Gasteiger charge is 2.11. The highest BCUT2D eigenvalue weighted by Crippen LogP contribution is 2.28. The third-order valence-corrected chi connectivity index (χ3v) is 2.24. The second kappa shape index (κ2) is 3.65. The molecule has 0 radical (unpaired) electrons. The Balaban J connectivity index is 2.52. The second-order valence-corrected chi connectivity index (χ2v) is 3.28. The molecule has 6 nitrogen and oxygen atoms in total. The SMILES string of the molecule is Cn1nncc1-c1ccc(C(=O)O)cc1O. The number of carbonyl (C=O) groups is 1. The highest BCUT2D eigenvalue weighted by molar-refractivity contribution is 5.89. The van der Waals surface area contributed by atoms with Gasteiger partial charge in [0.25, 0.3) is 0 Å². The summed E-state index contributed by atoms with van der Waals surface area (Å²) >= 11 is 0. The molecular formula is C10H9N3O3. The average Bonchev–Trinajstić information content (AvgIpc) is 2.64. The van der Waals surface area contributed by atoms with E-state index < -0.39 is 5.97 Å². The van der Waals surface area contributed by atoms with Crippen LogP contribution >= 0.6 is 0 Å². The number of aromatic carboxylic acids is 1. The van der Waals surface area contributed by atoms with Crippen LogP contribution in [0.1, 0.15) is 10.4 Å². The van der Waals surface area contributed by atoms with E-state index in [9.17, 15) is 9.90 Å². The number of hydrogen-bond donors (Lipinski definition) is 2. The smallest absolute Gasteiger partial charge is 0.335 e. The van der Waals surface area contributed by atoms with Crippen LogP contribution in [-0.2, 0) is 7.05 Å². The van der Waals surface area contributed by atoms with E-state index in [-0.39, 0.29) is 11.3 Å². The molecule has 0 spiro atoms. The summed E-state index contributed by atoms with van der Waals surface area (Å²) in [5.41, 5.74) is 1.16. The van der Waals surface area contributed by atoms with Crippen molar-refractivity contribution >= 4 is 5.97 Å². The van der Waals surface area contributed by atoms with Gasteiger partial charge in [0.05, 0.1) is 17.5 Å². The van der Waals surface area contributed by atoms with Crippen LogP contribution in [0, 0.1) is 0 Å². The van der Waals surface area contributed by atoms with Gasteiger partial charge >= 0.3 is 5.97 Å². The first-order chi connectivity index (χ1) is 7.59. The van der Waals surface area contributed by atoms with Crippen molar-refractivity contribution in [3.8, 4) is 17.0 Å². The lowest BCUT2D eigenvalue weighted by Gasteiger charge is -2.04. The van der Waals surface area contributed by atoms with Gasteiger partial charge in [0.1, 0.15) is 5.75 Å². The van der Waals surface area contributed by atoms with Crippen molar-refractivity contribution in [3.05, 3.63) is 30.0 Å². The van der Waals surface area contributed by atoms with Crippen molar-refractivity contribution < 1.29 is 15.0 Å². The largest absolute Gasteiger partial charge is 0.507 e. The average molecular weight is 219 g/mol. The normalized spacial score (nSPS) is 10.3. The van der Waals surface area contributed by atoms with Crippen LogP contribution in [0.5, 0.6) is 5.75 Å². The van der Waals surface area contributed by atoms with Crippen molar-refractivity contribution in [2.45, 2.75) is 0 Å². The topological polar surface area (TPSA) is 88.2 Å². The minimum absolute atomic E-state index is 0.0383. The van der Waals surface area contributed by atoms with E-state index in [1.54, 1.807) is 7.05 Å². The number of aryl methyl sites for hydroxylation is 1. The fourth-order valence-corrected chi connectivity index (χ4v) is 1.41. The number of carboxylic acid groups (broad SMARTS) is 1. The third kappa shape index (κ3) is 1.60. The van der Waals surface area contributed by atoms with E-state index in [1.165, 1.54) is 29.1 Å². The number of benzene rings is 1. The molecule has 1 heterocycles. The summed E-state index contributed by atoms with van der Waals surface area (Å²) in [7, 11) is 1.69. The van der Waals surface area contributed by atoms with Crippen molar-refractivity contribution in [3.63, 3.8) is 0 Å². The van der Waals surface area contributed by atoms with Gasteiger partial charge in [0.2, 0.25) is 0 Å². The molecule has 0 aliphatic rings. The Kier molecular flexibility index (Phi) is 2.32. The van der Waals surface area contributed by atoms with Crippen LogP contribution in [-0.4, -0.2) is 31.2 Å². The maximum Gasteiger partial charge on any atom is 0.335 e. The summed E-state index contributed by atoms with van der Waals surface area (Å²) in [5, 5.41) is 25.9. The molecule has 2 rings (SSSR count). The Bertz CT molecular complexity index is 548. The lowest BCUT2D eigenvalue weighted by Crippen LogP contribution is -1.97. The van der Waals surface area contributed by atoms with Crippen LogP contribution in [0.2, 0.25) is 0 Å². The Morgan fingerprint density at radius 3 is 2.69 bits per heavy atom. The van der Waals surface area contributed by atoms with E-state index >= 15 is 0 Å². The molecule has 82 valence electrons. The van der Waals surface area contributed by atoms with E-state index in [4.69, 9.17) is 5.11 Å². The van der Waals surface area contributed by atoms with Gasteiger partial charge in [-0.05, 0) is 18.2 Å². The zero-order chi connectivity index (χ0) is 11.7. The lowest BCUT2D eigenvalue weighted by atomic mass is 10.1. The minimum Gasteiger partial charge on any atom is -0.507 e. The van der Waals surface area contributed by atoms with E-state index in [0.717, 1.165) is 0 Å². The third-order valence-electron chi connectivity index (χ3n) is 2.24. The molecule has 0 atom stereocenters. The first-order valence-corrected chi connectivity index (χ1v) is 4.51. The zero-order valence-electron chi connectivity index (χ0n) is 8.45. The molecule has 0 unspecified atom stereocenters. The quantitative estimate of drug-likeness (QED) is 0.782. The fourth-order valence-electron chi connectivity index (χ4n) is 1.41. The second-order valence-electron chi connectivity index (χ2n) is 3.28. The van der Waals surface area contributed by atoms with Crippen molar-refractivity contribution in [1.82, 2.24) is 15.0 Å². The zero-order valence-corrected chi connectivity index (χ0v) is 8.45. The molecular weight excluding hydrogens is 210 g/mol. The number of rotatable bonds is 2. The van der Waals surface area contributed by atoms with Crippen LogP contribution in [0.25, 0.3) is 11.3 Å². The predicted octanol–water partition coefficient (Wildman–Crippen LogP) is 0.886. The first-order valence-electron chi connectivity index (χ1n) is 4.51. The van der Waals surface area contributed by atoms with Gasteiger partial charge in [-0.2, -0.15) is 0 Å². The van der Waals surface area contributed by atoms with Gasteiger partial charge in [-0.1, -0.05) is 5.21 Å². The van der Waals surface area contributed by atoms with E-state index in [0.29, 0.717) is 11.3 Å². The molecule has 0 fully saturated rings. The molecule has 0 saturated heterocycles.